The number of anilines is 2. The smallest absolute Gasteiger partial charge is 0.226 e. The summed E-state index contributed by atoms with van der Waals surface area (Å²) in [5.74, 6) is -0.679. The number of nitrogens with two attached hydrogens (primary N) is 1. The van der Waals surface area contributed by atoms with Gasteiger partial charge in [-0.25, -0.2) is 4.39 Å². The average Bonchev–Trinajstić information content (AvgIpc) is 2.96. The zero-order valence-electron chi connectivity index (χ0n) is 11.5. The molecule has 0 saturated carbocycles. The van der Waals surface area contributed by atoms with Crippen molar-refractivity contribution in [3.8, 4) is 0 Å². The van der Waals surface area contributed by atoms with Gasteiger partial charge in [-0.1, -0.05) is 6.07 Å². The fraction of sp³-hybridized carbons (Fsp3) is 0.267. The van der Waals surface area contributed by atoms with Crippen molar-refractivity contribution in [1.82, 2.24) is 0 Å². The lowest BCUT2D eigenvalue weighted by Crippen LogP contribution is -2.15. The van der Waals surface area contributed by atoms with Gasteiger partial charge in [0.1, 0.15) is 5.82 Å². The molecule has 0 radical (unpaired) electrons. The van der Waals surface area contributed by atoms with E-state index in [4.69, 9.17) is 10.5 Å². The van der Waals surface area contributed by atoms with E-state index in [-0.39, 0.29) is 18.0 Å². The van der Waals surface area contributed by atoms with Crippen molar-refractivity contribution in [1.29, 1.82) is 0 Å². The van der Waals surface area contributed by atoms with Gasteiger partial charge in [0.2, 0.25) is 5.91 Å². The van der Waals surface area contributed by atoms with Gasteiger partial charge in [-0.05, 0) is 29.6 Å². The molecule has 0 bridgehead atoms. The molecular weight excluding hydrogens is 291 g/mol. The van der Waals surface area contributed by atoms with Crippen molar-refractivity contribution in [2.75, 3.05) is 24.3 Å². The van der Waals surface area contributed by atoms with E-state index >= 15 is 0 Å². The van der Waals surface area contributed by atoms with Crippen molar-refractivity contribution < 1.29 is 13.9 Å². The lowest BCUT2D eigenvalue weighted by molar-refractivity contribution is -0.117. The Morgan fingerprint density at radius 2 is 2.19 bits per heavy atom. The van der Waals surface area contributed by atoms with Gasteiger partial charge in [0.05, 0.1) is 25.3 Å². The summed E-state index contributed by atoms with van der Waals surface area (Å²) >= 11 is 1.69. The molecular formula is C15H17FN2O2S. The molecule has 1 aromatic heterocycles. The first-order valence-electron chi connectivity index (χ1n) is 6.60. The predicted octanol–water partition coefficient (Wildman–Crippen LogP) is 3.06. The Kier molecular flexibility index (Phi) is 5.71. The quantitative estimate of drug-likeness (QED) is 0.610. The van der Waals surface area contributed by atoms with E-state index in [0.717, 1.165) is 6.42 Å². The van der Waals surface area contributed by atoms with Crippen LogP contribution in [0.2, 0.25) is 0 Å². The second-order valence-electron chi connectivity index (χ2n) is 4.48. The molecule has 1 amide bonds. The van der Waals surface area contributed by atoms with Crippen molar-refractivity contribution in [2.45, 2.75) is 12.8 Å². The van der Waals surface area contributed by atoms with Crippen LogP contribution >= 0.6 is 11.3 Å². The summed E-state index contributed by atoms with van der Waals surface area (Å²) in [4.78, 5) is 12.9. The summed E-state index contributed by atoms with van der Waals surface area (Å²) in [5, 5.41) is 4.68. The molecule has 6 heteroatoms. The number of halogens is 1. The van der Waals surface area contributed by atoms with Crippen LogP contribution in [0, 0.1) is 5.82 Å². The number of carbonyl (C=O) groups is 1. The number of hydrogen-bond donors (Lipinski definition) is 2. The molecule has 0 unspecified atom stereocenters. The lowest BCUT2D eigenvalue weighted by Gasteiger charge is -2.07. The Morgan fingerprint density at radius 3 is 2.90 bits per heavy atom. The average molecular weight is 308 g/mol. The Balaban J connectivity index is 1.64. The van der Waals surface area contributed by atoms with Crippen LogP contribution in [-0.2, 0) is 16.0 Å². The van der Waals surface area contributed by atoms with Crippen LogP contribution < -0.4 is 11.1 Å². The maximum atomic E-state index is 13.0. The summed E-state index contributed by atoms with van der Waals surface area (Å²) in [6.07, 6.45) is 1.11. The summed E-state index contributed by atoms with van der Waals surface area (Å²) < 4.78 is 18.4. The molecule has 1 heterocycles. The molecule has 0 fully saturated rings. The highest BCUT2D eigenvalue weighted by atomic mass is 32.1. The fourth-order valence-electron chi connectivity index (χ4n) is 1.74. The minimum atomic E-state index is -0.495. The first-order valence-corrected chi connectivity index (χ1v) is 7.48. The Bertz CT molecular complexity index is 587. The van der Waals surface area contributed by atoms with E-state index in [2.05, 4.69) is 11.4 Å². The minimum Gasteiger partial charge on any atom is -0.396 e. The van der Waals surface area contributed by atoms with Crippen molar-refractivity contribution in [3.05, 3.63) is 46.4 Å². The minimum absolute atomic E-state index is 0.0139. The van der Waals surface area contributed by atoms with Crippen molar-refractivity contribution in [2.24, 2.45) is 0 Å². The van der Waals surface area contributed by atoms with E-state index in [1.54, 1.807) is 11.3 Å². The van der Waals surface area contributed by atoms with Crippen LogP contribution in [0.4, 0.5) is 15.8 Å². The Hall–Kier alpha value is -1.92. The van der Waals surface area contributed by atoms with Gasteiger partial charge in [-0.15, -0.1) is 11.3 Å². The van der Waals surface area contributed by atoms with Gasteiger partial charge in [0, 0.05) is 17.0 Å². The number of thiophene rings is 1. The van der Waals surface area contributed by atoms with Gasteiger partial charge >= 0.3 is 0 Å². The zero-order chi connectivity index (χ0) is 15.1. The maximum absolute atomic E-state index is 13.0. The monoisotopic (exact) mass is 308 g/mol. The van der Waals surface area contributed by atoms with E-state index in [0.29, 0.717) is 18.9 Å². The number of hydrogen-bond acceptors (Lipinski definition) is 4. The molecule has 21 heavy (non-hydrogen) atoms. The summed E-state index contributed by atoms with van der Waals surface area (Å²) in [7, 11) is 0. The highest BCUT2D eigenvalue weighted by molar-refractivity contribution is 7.09. The number of rotatable bonds is 7. The molecule has 2 aromatic rings. The number of ether oxygens (including phenoxy) is 1. The fourth-order valence-corrected chi connectivity index (χ4v) is 2.43. The normalized spacial score (nSPS) is 10.5. The number of nitrogen functional groups attached to an aromatic ring is 1. The molecule has 0 aliphatic rings. The second-order valence-corrected chi connectivity index (χ2v) is 5.51. The molecule has 2 rings (SSSR count). The van der Waals surface area contributed by atoms with Crippen LogP contribution in [0.1, 0.15) is 11.3 Å². The van der Waals surface area contributed by atoms with Crippen LogP contribution in [0.25, 0.3) is 0 Å². The number of carbonyl (C=O) groups excluding carboxylic acids is 1. The van der Waals surface area contributed by atoms with Crippen LogP contribution in [0.15, 0.2) is 35.7 Å². The van der Waals surface area contributed by atoms with Crippen molar-refractivity contribution >= 4 is 28.6 Å². The summed E-state index contributed by atoms with van der Waals surface area (Å²) in [6.45, 7) is 0.950. The number of amides is 1. The molecule has 4 nitrogen and oxygen atoms in total. The number of benzene rings is 1. The highest BCUT2D eigenvalue weighted by Crippen LogP contribution is 2.16. The zero-order valence-corrected chi connectivity index (χ0v) is 12.3. The Morgan fingerprint density at radius 1 is 1.33 bits per heavy atom. The maximum Gasteiger partial charge on any atom is 0.226 e. The third-order valence-corrected chi connectivity index (χ3v) is 3.76. The molecule has 112 valence electrons. The standard InChI is InChI=1S/C15H17FN2O2S/c16-13-4-3-11(10-14(13)17)18-15(19)6-8-20-7-5-12-2-1-9-21-12/h1-4,9-10H,5-8,17H2,(H,18,19). The molecule has 0 aliphatic carbocycles. The molecule has 0 saturated heterocycles. The van der Waals surface area contributed by atoms with E-state index in [1.165, 1.54) is 23.1 Å². The summed E-state index contributed by atoms with van der Waals surface area (Å²) in [5.41, 5.74) is 5.93. The summed E-state index contributed by atoms with van der Waals surface area (Å²) in [6, 6.07) is 8.15. The van der Waals surface area contributed by atoms with Gasteiger partial charge < -0.3 is 15.8 Å². The Labute approximate surface area is 126 Å². The SMILES string of the molecule is Nc1cc(NC(=O)CCOCCc2cccs2)ccc1F. The topological polar surface area (TPSA) is 64.3 Å². The third-order valence-electron chi connectivity index (χ3n) is 2.83. The van der Waals surface area contributed by atoms with Gasteiger partial charge in [-0.3, -0.25) is 4.79 Å². The van der Waals surface area contributed by atoms with Gasteiger partial charge in [0.15, 0.2) is 0 Å². The van der Waals surface area contributed by atoms with Crippen LogP contribution in [0.3, 0.4) is 0 Å². The second kappa shape index (κ2) is 7.75. The molecule has 0 aliphatic heterocycles. The van der Waals surface area contributed by atoms with Gasteiger partial charge in [0.25, 0.3) is 0 Å². The molecule has 0 atom stereocenters. The number of nitrogens with one attached hydrogen (secondary N) is 1. The lowest BCUT2D eigenvalue weighted by atomic mass is 10.2. The highest BCUT2D eigenvalue weighted by Gasteiger charge is 2.05. The first-order chi connectivity index (χ1) is 10.1. The van der Waals surface area contributed by atoms with Crippen LogP contribution in [-0.4, -0.2) is 19.1 Å². The first kappa shape index (κ1) is 15.5. The predicted molar refractivity (Wildman–Crippen MR) is 82.9 cm³/mol. The molecule has 3 N–H and O–H groups in total. The largest absolute Gasteiger partial charge is 0.396 e. The van der Waals surface area contributed by atoms with E-state index in [1.807, 2.05) is 11.4 Å². The van der Waals surface area contributed by atoms with Crippen LogP contribution in [0.5, 0.6) is 0 Å². The third kappa shape index (κ3) is 5.17. The molecule has 0 spiro atoms. The van der Waals surface area contributed by atoms with Gasteiger partial charge in [-0.2, -0.15) is 0 Å². The van der Waals surface area contributed by atoms with E-state index < -0.39 is 5.82 Å². The van der Waals surface area contributed by atoms with E-state index in [9.17, 15) is 9.18 Å². The van der Waals surface area contributed by atoms with Crippen molar-refractivity contribution in [3.63, 3.8) is 0 Å². The molecule has 1 aromatic carbocycles.